The molecule has 9 aromatic carbocycles. The zero-order chi connectivity index (χ0) is 46.1. The van der Waals surface area contributed by atoms with Crippen LogP contribution >= 0.6 is 0 Å². The van der Waals surface area contributed by atoms with E-state index in [9.17, 15) is 0 Å². The van der Waals surface area contributed by atoms with E-state index in [4.69, 9.17) is 0 Å². The molecule has 0 saturated heterocycles. The molecule has 0 saturated carbocycles. The number of allylic oxidation sites excluding steroid dienone is 6. The van der Waals surface area contributed by atoms with Crippen molar-refractivity contribution in [3.63, 3.8) is 0 Å². The van der Waals surface area contributed by atoms with E-state index in [2.05, 4.69) is 274 Å². The van der Waals surface area contributed by atoms with Crippen LogP contribution in [-0.4, -0.2) is 0 Å². The lowest BCUT2D eigenvalue weighted by Gasteiger charge is -2.40. The quantitative estimate of drug-likeness (QED) is 0.147. The molecule has 9 aromatic rings. The summed E-state index contributed by atoms with van der Waals surface area (Å²) in [6.07, 6.45) is 12.9. The van der Waals surface area contributed by atoms with Gasteiger partial charge in [0.05, 0.1) is 11.1 Å². The first-order chi connectivity index (χ1) is 34.0. The summed E-state index contributed by atoms with van der Waals surface area (Å²) >= 11 is 0. The van der Waals surface area contributed by atoms with E-state index in [0.717, 1.165) is 12.1 Å². The van der Waals surface area contributed by atoms with Crippen LogP contribution in [0.3, 0.4) is 0 Å². The Morgan fingerprint density at radius 1 is 0.478 bits per heavy atom. The molecule has 1 nitrogen and oxygen atoms in total. The van der Waals surface area contributed by atoms with Gasteiger partial charge in [0.15, 0.2) is 0 Å². The van der Waals surface area contributed by atoms with Gasteiger partial charge in [-0.05, 0) is 121 Å². The van der Waals surface area contributed by atoms with E-state index in [1.807, 2.05) is 0 Å². The Labute approximate surface area is 407 Å². The summed E-state index contributed by atoms with van der Waals surface area (Å²) in [4.78, 5) is 2.59. The third-order valence-corrected chi connectivity index (χ3v) is 16.0. The van der Waals surface area contributed by atoms with Crippen LogP contribution in [0.2, 0.25) is 0 Å². The van der Waals surface area contributed by atoms with Crippen LogP contribution in [0.4, 0.5) is 17.1 Å². The molecule has 13 rings (SSSR count). The maximum atomic E-state index is 2.59. The minimum Gasteiger partial charge on any atom is -0.310 e. The molecule has 0 spiro atoms. The minimum absolute atomic E-state index is 0.0721. The Balaban J connectivity index is 1.02. The molecule has 69 heavy (non-hydrogen) atoms. The molecule has 0 fully saturated rings. The summed E-state index contributed by atoms with van der Waals surface area (Å²) in [5.41, 5.74) is 22.6. The van der Waals surface area contributed by atoms with Gasteiger partial charge < -0.3 is 4.90 Å². The third-order valence-electron chi connectivity index (χ3n) is 16.0. The van der Waals surface area contributed by atoms with Gasteiger partial charge in [-0.3, -0.25) is 0 Å². The number of hydrogen-bond acceptors (Lipinski definition) is 1. The highest BCUT2D eigenvalue weighted by Crippen LogP contribution is 2.60. The summed E-state index contributed by atoms with van der Waals surface area (Å²) in [5, 5.41) is 0. The minimum atomic E-state index is -0.524. The molecular weight excluding hydrogens is 831 g/mol. The second kappa shape index (κ2) is 16.4. The van der Waals surface area contributed by atoms with Crippen molar-refractivity contribution in [1.82, 2.24) is 0 Å². The first-order valence-corrected chi connectivity index (χ1v) is 24.7. The highest BCUT2D eigenvalue weighted by molar-refractivity contribution is 5.98. The molecule has 1 heteroatoms. The van der Waals surface area contributed by atoms with Crippen LogP contribution in [0.25, 0.3) is 33.4 Å². The molecule has 0 bridgehead atoms. The van der Waals surface area contributed by atoms with Crippen molar-refractivity contribution in [2.45, 2.75) is 42.9 Å². The van der Waals surface area contributed by atoms with Gasteiger partial charge in [0.2, 0.25) is 0 Å². The van der Waals surface area contributed by atoms with Gasteiger partial charge >= 0.3 is 0 Å². The smallest absolute Gasteiger partial charge is 0.0714 e. The number of fused-ring (bicyclic) bond motifs is 7. The van der Waals surface area contributed by atoms with E-state index in [1.165, 1.54) is 94.8 Å². The highest BCUT2D eigenvalue weighted by Gasteiger charge is 2.48. The van der Waals surface area contributed by atoms with Crippen LogP contribution in [0.1, 0.15) is 76.6 Å². The number of benzene rings is 9. The zero-order valence-electron chi connectivity index (χ0n) is 39.1. The predicted molar refractivity (Wildman–Crippen MR) is 288 cm³/mol. The summed E-state index contributed by atoms with van der Waals surface area (Å²) < 4.78 is 0. The predicted octanol–water partition coefficient (Wildman–Crippen LogP) is 17.4. The molecule has 0 N–H and O–H groups in total. The van der Waals surface area contributed by atoms with Crippen molar-refractivity contribution >= 4 is 17.1 Å². The van der Waals surface area contributed by atoms with Crippen LogP contribution in [0.15, 0.2) is 260 Å². The summed E-state index contributed by atoms with van der Waals surface area (Å²) in [5.74, 6) is 0.788. The normalized spacial score (nSPS) is 18.6. The van der Waals surface area contributed by atoms with Crippen molar-refractivity contribution < 1.29 is 0 Å². The van der Waals surface area contributed by atoms with Crippen molar-refractivity contribution in [3.8, 4) is 33.4 Å². The molecule has 0 radical (unpaired) electrons. The van der Waals surface area contributed by atoms with E-state index in [1.54, 1.807) is 0 Å². The first-order valence-electron chi connectivity index (χ1n) is 24.7. The van der Waals surface area contributed by atoms with Crippen LogP contribution in [0, 0.1) is 5.92 Å². The fourth-order valence-corrected chi connectivity index (χ4v) is 12.9. The lowest BCUT2D eigenvalue weighted by atomic mass is 9.66. The number of anilines is 3. The fraction of sp³-hybridized carbons (Fsp3) is 0.118. The summed E-state index contributed by atoms with van der Waals surface area (Å²) in [6, 6.07) is 84.4. The van der Waals surface area contributed by atoms with Gasteiger partial charge in [0.25, 0.3) is 0 Å². The van der Waals surface area contributed by atoms with Crippen molar-refractivity contribution in [2.75, 3.05) is 4.90 Å². The van der Waals surface area contributed by atoms with E-state index < -0.39 is 5.41 Å². The van der Waals surface area contributed by atoms with E-state index in [0.29, 0.717) is 5.92 Å². The Kier molecular flexibility index (Phi) is 9.77. The standard InChI is InChI=1S/C68H53N/c1-67(2)59-34-15-12-29-54(59)55-44-41-49(45-62(55)67)46-39-42-52(43-40-46)69(63-37-17-14-30-56(63)57-33-19-24-48-23-18-32-53(65(48)57)47-21-6-3-7-22-47)64-38-20-36-61-66(64)58-31-13-16-35-60(58)68(61,50-25-8-4-9-26-50)51-27-10-5-11-28-51/h3-31,33-45,53,57,65H,32H2,1-2H3. The molecule has 4 aliphatic rings. The second-order valence-corrected chi connectivity index (χ2v) is 19.9. The molecule has 3 unspecified atom stereocenters. The molecule has 0 aromatic heterocycles. The van der Waals surface area contributed by atoms with Crippen LogP contribution < -0.4 is 4.90 Å². The lowest BCUT2D eigenvalue weighted by molar-refractivity contribution is 0.438. The molecular formula is C68H53N. The Morgan fingerprint density at radius 2 is 1.07 bits per heavy atom. The fourth-order valence-electron chi connectivity index (χ4n) is 12.9. The molecule has 0 amide bonds. The topological polar surface area (TPSA) is 3.24 Å². The molecule has 4 aliphatic carbocycles. The maximum Gasteiger partial charge on any atom is 0.0714 e. The number of para-hydroxylation sites is 1. The Hall–Kier alpha value is -8.00. The zero-order valence-corrected chi connectivity index (χ0v) is 39.1. The number of nitrogens with zero attached hydrogens (tertiary/aromatic N) is 1. The van der Waals surface area contributed by atoms with Gasteiger partial charge in [0.1, 0.15) is 0 Å². The van der Waals surface area contributed by atoms with Gasteiger partial charge in [-0.25, -0.2) is 0 Å². The van der Waals surface area contributed by atoms with Gasteiger partial charge in [-0.15, -0.1) is 0 Å². The number of hydrogen-bond donors (Lipinski definition) is 0. The molecule has 0 aliphatic heterocycles. The first kappa shape index (κ1) is 41.2. The molecule has 3 atom stereocenters. The van der Waals surface area contributed by atoms with Crippen molar-refractivity contribution in [3.05, 3.63) is 305 Å². The average Bonchev–Trinajstić information content (AvgIpc) is 3.85. The summed E-state index contributed by atoms with van der Waals surface area (Å²) in [7, 11) is 0. The van der Waals surface area contributed by atoms with Gasteiger partial charge in [0, 0.05) is 34.2 Å². The maximum absolute atomic E-state index is 2.59. The van der Waals surface area contributed by atoms with Crippen LogP contribution in [-0.2, 0) is 10.8 Å². The van der Waals surface area contributed by atoms with Gasteiger partial charge in [-0.2, -0.15) is 0 Å². The SMILES string of the molecule is CC1(C)c2ccccc2-c2ccc(-c3ccc(N(c4ccccc4C4C=CC=C5C=CCC(c6ccccc6)C54)c4cccc5c4-c4ccccc4C5(c4ccccc4)c4ccccc4)cc3)cc21. The highest BCUT2D eigenvalue weighted by atomic mass is 15.1. The van der Waals surface area contributed by atoms with Crippen LogP contribution in [0.5, 0.6) is 0 Å². The third kappa shape index (κ3) is 6.37. The molecule has 0 heterocycles. The Morgan fingerprint density at radius 3 is 1.83 bits per heavy atom. The second-order valence-electron chi connectivity index (χ2n) is 19.9. The number of rotatable bonds is 8. The van der Waals surface area contributed by atoms with E-state index in [-0.39, 0.29) is 17.3 Å². The largest absolute Gasteiger partial charge is 0.310 e. The average molecular weight is 884 g/mol. The van der Waals surface area contributed by atoms with Crippen molar-refractivity contribution in [2.24, 2.45) is 5.92 Å². The molecule has 330 valence electrons. The monoisotopic (exact) mass is 883 g/mol. The lowest BCUT2D eigenvalue weighted by Crippen LogP contribution is -2.28. The van der Waals surface area contributed by atoms with E-state index >= 15 is 0 Å². The van der Waals surface area contributed by atoms with Gasteiger partial charge in [-0.1, -0.05) is 238 Å². The Bertz CT molecular complexity index is 3460. The summed E-state index contributed by atoms with van der Waals surface area (Å²) in [6.45, 7) is 4.74. The van der Waals surface area contributed by atoms with Crippen molar-refractivity contribution in [1.29, 1.82) is 0 Å².